The fraction of sp³-hybridized carbons (Fsp3) is 0.0870. The number of halogens is 1. The number of fused-ring (bicyclic) bond motifs is 1. The number of nitrogens with one attached hydrogen (secondary N) is 1. The van der Waals surface area contributed by atoms with Gasteiger partial charge in [-0.2, -0.15) is 0 Å². The van der Waals surface area contributed by atoms with Crippen molar-refractivity contribution in [1.29, 1.82) is 0 Å². The van der Waals surface area contributed by atoms with Crippen molar-refractivity contribution in [2.24, 2.45) is 0 Å². The van der Waals surface area contributed by atoms with Crippen LogP contribution in [0.1, 0.15) is 5.69 Å². The minimum Gasteiger partial charge on any atom is -0.497 e. The molecule has 0 radical (unpaired) electrons. The predicted molar refractivity (Wildman–Crippen MR) is 128 cm³/mol. The predicted octanol–water partition coefficient (Wildman–Crippen LogP) is 7.51. The van der Waals surface area contributed by atoms with Gasteiger partial charge in [-0.05, 0) is 54.8 Å². The third kappa shape index (κ3) is 3.47. The van der Waals surface area contributed by atoms with Gasteiger partial charge < -0.3 is 10.1 Å². The van der Waals surface area contributed by atoms with Crippen molar-refractivity contribution in [3.8, 4) is 27.4 Å². The first-order valence-electron chi connectivity index (χ1n) is 9.34. The standard InChI is InChI=1S/C23H18ClN3OS2/c1-14-22(16-11-21(30-13-16)26-17-5-7-18(28-2)8-6-17)27-12-15(20-4-3-9-29-20)10-19(24)23(27)25-14/h3-13,26H,1-2H3. The Hall–Kier alpha value is -2.80. The van der Waals surface area contributed by atoms with Gasteiger partial charge >= 0.3 is 0 Å². The maximum Gasteiger partial charge on any atom is 0.156 e. The molecule has 4 heterocycles. The summed E-state index contributed by atoms with van der Waals surface area (Å²) in [5.74, 6) is 0.840. The van der Waals surface area contributed by atoms with E-state index in [1.54, 1.807) is 29.8 Å². The minimum atomic E-state index is 0.655. The van der Waals surface area contributed by atoms with Crippen LogP contribution in [0.3, 0.4) is 0 Å². The van der Waals surface area contributed by atoms with Gasteiger partial charge in [-0.1, -0.05) is 17.7 Å². The molecular weight excluding hydrogens is 434 g/mol. The smallest absolute Gasteiger partial charge is 0.156 e. The average Bonchev–Trinajstić information content (AvgIpc) is 3.48. The van der Waals surface area contributed by atoms with Crippen LogP contribution in [0, 0.1) is 6.92 Å². The molecule has 4 aromatic heterocycles. The normalized spacial score (nSPS) is 11.2. The number of hydrogen-bond acceptors (Lipinski definition) is 5. The second kappa shape index (κ2) is 7.80. The average molecular weight is 452 g/mol. The molecule has 0 unspecified atom stereocenters. The molecule has 0 atom stereocenters. The Balaban J connectivity index is 1.53. The van der Waals surface area contributed by atoms with Gasteiger partial charge in [-0.15, -0.1) is 22.7 Å². The molecule has 0 aliphatic rings. The summed E-state index contributed by atoms with van der Waals surface area (Å²) < 4.78 is 7.33. The summed E-state index contributed by atoms with van der Waals surface area (Å²) in [6.45, 7) is 2.03. The lowest BCUT2D eigenvalue weighted by atomic mass is 10.2. The highest BCUT2D eigenvalue weighted by molar-refractivity contribution is 7.14. The van der Waals surface area contributed by atoms with Gasteiger partial charge in [0.05, 0.1) is 28.5 Å². The highest BCUT2D eigenvalue weighted by Gasteiger charge is 2.16. The van der Waals surface area contributed by atoms with Gasteiger partial charge in [-0.25, -0.2) is 4.98 Å². The maximum atomic E-state index is 6.59. The van der Waals surface area contributed by atoms with Crippen molar-refractivity contribution >= 4 is 50.6 Å². The Morgan fingerprint density at radius 1 is 1.07 bits per heavy atom. The van der Waals surface area contributed by atoms with E-state index >= 15 is 0 Å². The number of nitrogens with zero attached hydrogens (tertiary/aromatic N) is 2. The first kappa shape index (κ1) is 19.2. The summed E-state index contributed by atoms with van der Waals surface area (Å²) in [4.78, 5) is 5.91. The number of ether oxygens (including phenoxy) is 1. The summed E-state index contributed by atoms with van der Waals surface area (Å²) >= 11 is 9.95. The van der Waals surface area contributed by atoms with Crippen molar-refractivity contribution in [3.05, 3.63) is 76.2 Å². The topological polar surface area (TPSA) is 38.6 Å². The Bertz CT molecular complexity index is 1320. The zero-order valence-corrected chi connectivity index (χ0v) is 18.7. The number of methoxy groups -OCH3 is 1. The molecule has 30 heavy (non-hydrogen) atoms. The summed E-state index contributed by atoms with van der Waals surface area (Å²) in [7, 11) is 1.67. The fourth-order valence-electron chi connectivity index (χ4n) is 3.49. The van der Waals surface area contributed by atoms with E-state index in [1.807, 2.05) is 43.3 Å². The van der Waals surface area contributed by atoms with E-state index in [4.69, 9.17) is 21.3 Å². The third-order valence-electron chi connectivity index (χ3n) is 4.89. The molecule has 1 aromatic carbocycles. The van der Waals surface area contributed by atoms with E-state index in [1.165, 1.54) is 4.88 Å². The second-order valence-electron chi connectivity index (χ2n) is 6.85. The van der Waals surface area contributed by atoms with E-state index in [2.05, 4.69) is 38.8 Å². The molecule has 0 bridgehead atoms. The maximum absolute atomic E-state index is 6.59. The molecule has 0 saturated carbocycles. The largest absolute Gasteiger partial charge is 0.497 e. The van der Waals surface area contributed by atoms with Crippen LogP contribution >= 0.6 is 34.3 Å². The molecule has 150 valence electrons. The van der Waals surface area contributed by atoms with Crippen LogP contribution in [-0.4, -0.2) is 16.5 Å². The fourth-order valence-corrected chi connectivity index (χ4v) is 5.25. The quantitative estimate of drug-likeness (QED) is 0.300. The van der Waals surface area contributed by atoms with Crippen LogP contribution in [0.4, 0.5) is 10.7 Å². The van der Waals surface area contributed by atoms with Gasteiger partial charge in [0.1, 0.15) is 5.75 Å². The molecule has 0 aliphatic heterocycles. The molecule has 4 nitrogen and oxygen atoms in total. The van der Waals surface area contributed by atoms with Crippen molar-refractivity contribution < 1.29 is 4.74 Å². The molecule has 5 aromatic rings. The molecule has 0 aliphatic carbocycles. The lowest BCUT2D eigenvalue weighted by molar-refractivity contribution is 0.415. The molecule has 0 fully saturated rings. The molecule has 7 heteroatoms. The number of imidazole rings is 1. The van der Waals surface area contributed by atoms with E-state index in [0.29, 0.717) is 5.02 Å². The number of aryl methyl sites for hydroxylation is 1. The highest BCUT2D eigenvalue weighted by atomic mass is 35.5. The minimum absolute atomic E-state index is 0.655. The third-order valence-corrected chi connectivity index (χ3v) is 6.93. The Morgan fingerprint density at radius 3 is 2.63 bits per heavy atom. The number of pyridine rings is 1. The van der Waals surface area contributed by atoms with Crippen LogP contribution in [-0.2, 0) is 0 Å². The second-order valence-corrected chi connectivity index (χ2v) is 9.11. The van der Waals surface area contributed by atoms with Gasteiger partial charge in [0.25, 0.3) is 0 Å². The van der Waals surface area contributed by atoms with Crippen LogP contribution in [0.25, 0.3) is 27.3 Å². The Kier molecular flexibility index (Phi) is 4.98. The number of thiophene rings is 2. The molecule has 0 amide bonds. The Labute approximate surface area is 187 Å². The zero-order chi connectivity index (χ0) is 20.7. The van der Waals surface area contributed by atoms with E-state index in [0.717, 1.165) is 44.6 Å². The summed E-state index contributed by atoms with van der Waals surface area (Å²) in [5, 5.41) is 9.39. The van der Waals surface area contributed by atoms with Crippen LogP contribution < -0.4 is 10.1 Å². The van der Waals surface area contributed by atoms with Crippen LogP contribution in [0.15, 0.2) is 65.5 Å². The number of rotatable bonds is 5. The van der Waals surface area contributed by atoms with E-state index in [-0.39, 0.29) is 0 Å². The molecule has 0 saturated heterocycles. The SMILES string of the molecule is COc1ccc(Nc2cc(-c3c(C)nc4c(Cl)cc(-c5cccs5)cn34)cs2)cc1. The van der Waals surface area contributed by atoms with Crippen LogP contribution in [0.2, 0.25) is 5.02 Å². The monoisotopic (exact) mass is 451 g/mol. The molecule has 5 rings (SSSR count). The van der Waals surface area contributed by atoms with Crippen molar-refractivity contribution in [3.63, 3.8) is 0 Å². The summed E-state index contributed by atoms with van der Waals surface area (Å²) in [6.07, 6.45) is 2.12. The van der Waals surface area contributed by atoms with E-state index < -0.39 is 0 Å². The van der Waals surface area contributed by atoms with Crippen molar-refractivity contribution in [1.82, 2.24) is 9.38 Å². The summed E-state index contributed by atoms with van der Waals surface area (Å²) in [5.41, 5.74) is 6.01. The van der Waals surface area contributed by atoms with E-state index in [9.17, 15) is 0 Å². The van der Waals surface area contributed by atoms with Gasteiger partial charge in [0, 0.05) is 33.3 Å². The number of aromatic nitrogens is 2. The lowest BCUT2D eigenvalue weighted by Crippen LogP contribution is -1.91. The number of hydrogen-bond donors (Lipinski definition) is 1. The number of benzene rings is 1. The molecular formula is C23H18ClN3OS2. The molecule has 0 spiro atoms. The summed E-state index contributed by atoms with van der Waals surface area (Å²) in [6, 6.07) is 16.2. The zero-order valence-electron chi connectivity index (χ0n) is 16.3. The van der Waals surface area contributed by atoms with Crippen molar-refractivity contribution in [2.45, 2.75) is 6.92 Å². The first-order valence-corrected chi connectivity index (χ1v) is 11.5. The number of anilines is 2. The lowest BCUT2D eigenvalue weighted by Gasteiger charge is -2.06. The molecule has 1 N–H and O–H groups in total. The Morgan fingerprint density at radius 2 is 1.90 bits per heavy atom. The first-order chi connectivity index (χ1) is 14.6. The van der Waals surface area contributed by atoms with Gasteiger partial charge in [0.2, 0.25) is 0 Å². The van der Waals surface area contributed by atoms with Crippen molar-refractivity contribution in [2.75, 3.05) is 12.4 Å². The highest BCUT2D eigenvalue weighted by Crippen LogP contribution is 2.36. The van der Waals surface area contributed by atoms with Gasteiger partial charge in [0.15, 0.2) is 5.65 Å². The van der Waals surface area contributed by atoms with Gasteiger partial charge in [-0.3, -0.25) is 4.40 Å². The van der Waals surface area contributed by atoms with Crippen LogP contribution in [0.5, 0.6) is 5.75 Å².